The first-order valence-corrected chi connectivity index (χ1v) is 15.9. The lowest BCUT2D eigenvalue weighted by molar-refractivity contribution is -0.141. The average molecular weight is 598 g/mol. The summed E-state index contributed by atoms with van der Waals surface area (Å²) in [5.41, 5.74) is 1.59. The highest BCUT2D eigenvalue weighted by molar-refractivity contribution is 7.92. The number of carbonyl (C=O) groups excluding carboxylic acids is 2. The molecule has 1 atom stereocenters. The van der Waals surface area contributed by atoms with Crippen LogP contribution in [0.2, 0.25) is 0 Å². The molecule has 2 amide bonds. The van der Waals surface area contributed by atoms with Gasteiger partial charge in [-0.1, -0.05) is 48.5 Å². The summed E-state index contributed by atoms with van der Waals surface area (Å²) in [5, 5.41) is 2.90. The van der Waals surface area contributed by atoms with Gasteiger partial charge in [0.2, 0.25) is 21.8 Å². The van der Waals surface area contributed by atoms with Gasteiger partial charge in [-0.3, -0.25) is 13.9 Å². The fourth-order valence-corrected chi connectivity index (χ4v) is 5.59. The molecule has 0 aliphatic rings. The van der Waals surface area contributed by atoms with Crippen molar-refractivity contribution in [3.63, 3.8) is 0 Å². The fraction of sp³-hybridized carbons (Fsp3) is 0.375. The minimum absolute atomic E-state index is 0.0439. The number of ether oxygens (including phenoxy) is 1. The van der Waals surface area contributed by atoms with Gasteiger partial charge in [-0.15, -0.1) is 0 Å². The van der Waals surface area contributed by atoms with E-state index in [9.17, 15) is 22.4 Å². The number of carbonyl (C=O) groups is 2. The highest BCUT2D eigenvalue weighted by atomic mass is 32.2. The van der Waals surface area contributed by atoms with Crippen molar-refractivity contribution in [2.45, 2.75) is 58.7 Å². The van der Waals surface area contributed by atoms with Crippen LogP contribution in [0.4, 0.5) is 10.1 Å². The molecule has 3 rings (SSSR count). The molecule has 226 valence electrons. The van der Waals surface area contributed by atoms with Crippen LogP contribution in [0.5, 0.6) is 5.75 Å². The van der Waals surface area contributed by atoms with Gasteiger partial charge in [0.15, 0.2) is 0 Å². The van der Waals surface area contributed by atoms with Gasteiger partial charge in [0, 0.05) is 37.5 Å². The van der Waals surface area contributed by atoms with Crippen LogP contribution < -0.4 is 14.4 Å². The molecule has 0 radical (unpaired) electrons. The van der Waals surface area contributed by atoms with Crippen LogP contribution >= 0.6 is 0 Å². The number of sulfonamides is 1. The van der Waals surface area contributed by atoms with Gasteiger partial charge < -0.3 is 15.0 Å². The van der Waals surface area contributed by atoms with Crippen molar-refractivity contribution in [3.8, 4) is 5.75 Å². The van der Waals surface area contributed by atoms with Gasteiger partial charge in [-0.05, 0) is 63.1 Å². The van der Waals surface area contributed by atoms with Crippen LogP contribution in [0, 0.1) is 5.82 Å². The van der Waals surface area contributed by atoms with E-state index in [1.807, 2.05) is 51.1 Å². The van der Waals surface area contributed by atoms with Gasteiger partial charge in [0.1, 0.15) is 17.6 Å². The lowest BCUT2D eigenvalue weighted by Crippen LogP contribution is -2.52. The van der Waals surface area contributed by atoms with E-state index < -0.39 is 21.9 Å². The molecule has 0 aliphatic heterocycles. The molecule has 10 heteroatoms. The van der Waals surface area contributed by atoms with Crippen LogP contribution in [0.25, 0.3) is 0 Å². The lowest BCUT2D eigenvalue weighted by Gasteiger charge is -2.32. The Balaban J connectivity index is 1.87. The number of halogens is 1. The van der Waals surface area contributed by atoms with Crippen molar-refractivity contribution in [2.24, 2.45) is 0 Å². The zero-order chi connectivity index (χ0) is 30.7. The summed E-state index contributed by atoms with van der Waals surface area (Å²) in [6.45, 7) is 5.96. The Labute approximate surface area is 248 Å². The molecule has 0 bridgehead atoms. The Kier molecular flexibility index (Phi) is 11.9. The van der Waals surface area contributed by atoms with Gasteiger partial charge in [-0.25, -0.2) is 12.8 Å². The van der Waals surface area contributed by atoms with Crippen molar-refractivity contribution in [1.82, 2.24) is 10.2 Å². The molecular weight excluding hydrogens is 557 g/mol. The first kappa shape index (κ1) is 32.6. The molecular formula is C32H40FN3O5S. The van der Waals surface area contributed by atoms with E-state index in [0.717, 1.165) is 11.8 Å². The summed E-state index contributed by atoms with van der Waals surface area (Å²) in [4.78, 5) is 28.7. The minimum Gasteiger partial charge on any atom is -0.494 e. The lowest BCUT2D eigenvalue weighted by atomic mass is 10.0. The van der Waals surface area contributed by atoms with Gasteiger partial charge in [0.05, 0.1) is 18.6 Å². The highest BCUT2D eigenvalue weighted by Gasteiger charge is 2.31. The van der Waals surface area contributed by atoms with Crippen LogP contribution in [-0.2, 0) is 32.6 Å². The molecule has 0 aliphatic carbocycles. The van der Waals surface area contributed by atoms with E-state index >= 15 is 0 Å². The number of rotatable bonds is 15. The topological polar surface area (TPSA) is 96.0 Å². The van der Waals surface area contributed by atoms with Crippen molar-refractivity contribution in [1.29, 1.82) is 0 Å². The third-order valence-electron chi connectivity index (χ3n) is 6.59. The Morgan fingerprint density at radius 2 is 1.60 bits per heavy atom. The largest absolute Gasteiger partial charge is 0.494 e. The molecule has 0 saturated carbocycles. The Morgan fingerprint density at radius 1 is 0.952 bits per heavy atom. The first-order chi connectivity index (χ1) is 20.0. The second kappa shape index (κ2) is 15.3. The maximum Gasteiger partial charge on any atom is 0.243 e. The monoisotopic (exact) mass is 597 g/mol. The predicted octanol–water partition coefficient (Wildman–Crippen LogP) is 4.94. The summed E-state index contributed by atoms with van der Waals surface area (Å²) < 4.78 is 46.7. The molecule has 3 aromatic rings. The van der Waals surface area contributed by atoms with Gasteiger partial charge in [0.25, 0.3) is 0 Å². The Morgan fingerprint density at radius 3 is 2.19 bits per heavy atom. The predicted molar refractivity (Wildman–Crippen MR) is 163 cm³/mol. The van der Waals surface area contributed by atoms with Crippen LogP contribution in [0.1, 0.15) is 44.7 Å². The van der Waals surface area contributed by atoms with Crippen molar-refractivity contribution < 1.29 is 27.1 Å². The fourth-order valence-electron chi connectivity index (χ4n) is 4.62. The molecule has 0 fully saturated rings. The maximum absolute atomic E-state index is 14.7. The van der Waals surface area contributed by atoms with Crippen LogP contribution in [0.3, 0.4) is 0 Å². The Hall–Kier alpha value is -3.92. The number of nitrogens with one attached hydrogen (secondary N) is 1. The summed E-state index contributed by atoms with van der Waals surface area (Å²) in [5.74, 6) is -0.571. The molecule has 3 aromatic carbocycles. The third kappa shape index (κ3) is 9.58. The molecule has 1 N–H and O–H groups in total. The van der Waals surface area contributed by atoms with E-state index in [2.05, 4.69) is 5.32 Å². The van der Waals surface area contributed by atoms with Gasteiger partial charge >= 0.3 is 0 Å². The molecule has 0 aromatic heterocycles. The quantitative estimate of drug-likeness (QED) is 0.268. The average Bonchev–Trinajstić information content (AvgIpc) is 2.94. The molecule has 0 heterocycles. The number of amides is 2. The summed E-state index contributed by atoms with van der Waals surface area (Å²) >= 11 is 0. The summed E-state index contributed by atoms with van der Waals surface area (Å²) in [6.07, 6.45) is 1.50. The van der Waals surface area contributed by atoms with Crippen molar-refractivity contribution in [2.75, 3.05) is 23.7 Å². The number of hydrogen-bond donors (Lipinski definition) is 1. The van der Waals surface area contributed by atoms with Crippen molar-refractivity contribution >= 4 is 27.5 Å². The van der Waals surface area contributed by atoms with Crippen LogP contribution in [0.15, 0.2) is 78.9 Å². The van der Waals surface area contributed by atoms with E-state index in [-0.39, 0.29) is 55.8 Å². The van der Waals surface area contributed by atoms with E-state index in [1.165, 1.54) is 15.3 Å². The van der Waals surface area contributed by atoms with E-state index in [0.29, 0.717) is 18.0 Å². The number of benzene rings is 3. The number of hydrogen-bond acceptors (Lipinski definition) is 5. The van der Waals surface area contributed by atoms with Crippen LogP contribution in [-0.4, -0.2) is 56.6 Å². The number of nitrogens with zero attached hydrogens (tertiary/aromatic N) is 2. The van der Waals surface area contributed by atoms with Gasteiger partial charge in [-0.2, -0.15) is 0 Å². The minimum atomic E-state index is -3.65. The zero-order valence-corrected chi connectivity index (χ0v) is 25.4. The van der Waals surface area contributed by atoms with E-state index in [4.69, 9.17) is 4.74 Å². The number of anilines is 1. The summed E-state index contributed by atoms with van der Waals surface area (Å²) in [6, 6.07) is 21.1. The molecule has 8 nitrogen and oxygen atoms in total. The SMILES string of the molecule is CCOc1ccc(N(CCCC(=O)N(Cc2ccccc2F)[C@@H](Cc2ccccc2)C(=O)NC(C)C)S(C)(=O)=O)cc1. The maximum atomic E-state index is 14.7. The normalized spacial score (nSPS) is 12.0. The molecule has 0 saturated heterocycles. The smallest absolute Gasteiger partial charge is 0.243 e. The summed E-state index contributed by atoms with van der Waals surface area (Å²) in [7, 11) is -3.65. The zero-order valence-electron chi connectivity index (χ0n) is 24.6. The molecule has 0 unspecified atom stereocenters. The standard InChI is InChI=1S/C32H40FN3O5S/c1-5-41-28-19-17-27(18-20-28)36(42(4,39)40)21-11-16-31(37)35(23-26-14-9-10-15-29(26)33)30(32(38)34-24(2)3)22-25-12-7-6-8-13-25/h6-10,12-15,17-20,24,30H,5,11,16,21-23H2,1-4H3,(H,34,38)/t30-/m0/s1. The second-order valence-corrected chi connectivity index (χ2v) is 12.3. The molecule has 42 heavy (non-hydrogen) atoms. The Bertz CT molecular complexity index is 1420. The van der Waals surface area contributed by atoms with E-state index in [1.54, 1.807) is 42.5 Å². The molecule has 0 spiro atoms. The highest BCUT2D eigenvalue weighted by Crippen LogP contribution is 2.23. The third-order valence-corrected chi connectivity index (χ3v) is 7.78. The van der Waals surface area contributed by atoms with Crippen molar-refractivity contribution in [3.05, 3.63) is 95.8 Å². The first-order valence-electron chi connectivity index (χ1n) is 14.1. The second-order valence-electron chi connectivity index (χ2n) is 10.3.